The van der Waals surface area contributed by atoms with Gasteiger partial charge in [-0.1, -0.05) is 0 Å². The first-order valence-electron chi connectivity index (χ1n) is 0. The molecule has 0 spiro atoms. The first-order chi connectivity index (χ1) is 0. The zero-order valence-electron chi connectivity index (χ0n) is 0. The Morgan fingerprint density at radius 3 is 0.333 bits per heavy atom. The number of rotatable bonds is 0. The molecule has 0 aromatic carbocycles. The number of hydrogen-bond acceptors (Lipinski definition) is 0. The van der Waals surface area contributed by atoms with Gasteiger partial charge in [0.15, 0.2) is 0 Å². The first-order valence-corrected chi connectivity index (χ1v) is 0. The molecule has 0 radical (unpaired) electrons. The molecule has 24 valence electrons. The van der Waals surface area contributed by atoms with Gasteiger partial charge in [-0.25, -0.2) is 0 Å². The normalized spacial score (nSPS) is 0. The van der Waals surface area contributed by atoms with E-state index in [2.05, 4.69) is 0 Å². The van der Waals surface area contributed by atoms with E-state index in [0.717, 1.165) is 0 Å². The molecule has 0 aliphatic heterocycles. The summed E-state index contributed by atoms with van der Waals surface area (Å²) in [6.45, 7) is 0. The van der Waals surface area contributed by atoms with Gasteiger partial charge < -0.3 is 0 Å². The molecule has 0 aromatic rings. The summed E-state index contributed by atoms with van der Waals surface area (Å²) in [6, 6.07) is 0. The second kappa shape index (κ2) is 29.2. The molecular formula is H12BaSr5. The second-order valence-corrected chi connectivity index (χ2v) is 0. The van der Waals surface area contributed by atoms with Crippen LogP contribution in [0.15, 0.2) is 0 Å². The fourth-order valence-electron chi connectivity index (χ4n) is 0. The van der Waals surface area contributed by atoms with E-state index < -0.39 is 0 Å². The minimum absolute atomic E-state index is 0. The van der Waals surface area contributed by atoms with Crippen molar-refractivity contribution in [2.45, 2.75) is 0 Å². The average molecular weight is 588 g/mol. The Hall–Kier alpha value is 8.97. The van der Waals surface area contributed by atoms with Gasteiger partial charge in [0.1, 0.15) is 0 Å². The average Bonchev–Trinajstić information content (AvgIpc) is 0. The summed E-state index contributed by atoms with van der Waals surface area (Å²) in [4.78, 5) is 0. The van der Waals surface area contributed by atoms with Crippen molar-refractivity contribution < 1.29 is 0 Å². The minimum atomic E-state index is 0. The molecular weight excluding hydrogens is 575 g/mol. The van der Waals surface area contributed by atoms with E-state index in [0.29, 0.717) is 0 Å². The Balaban J connectivity index is 0. The van der Waals surface area contributed by atoms with Crippen LogP contribution < -0.4 is 0 Å². The SMILES string of the molecule is [BaH2].[SrH2].[SrH2].[SrH2].[SrH2].[SrH2]. The third-order valence-electron chi connectivity index (χ3n) is 0. The van der Waals surface area contributed by atoms with Crippen LogP contribution in [-0.2, 0) is 0 Å². The molecule has 0 atom stereocenters. The molecule has 0 amide bonds. The van der Waals surface area contributed by atoms with Crippen LogP contribution in [0.1, 0.15) is 0 Å². The van der Waals surface area contributed by atoms with Gasteiger partial charge in [-0.15, -0.1) is 0 Å². The third-order valence-corrected chi connectivity index (χ3v) is 0. The van der Waals surface area contributed by atoms with Crippen molar-refractivity contribution in [2.75, 3.05) is 0 Å². The van der Waals surface area contributed by atoms with Crippen LogP contribution in [0.2, 0.25) is 0 Å². The van der Waals surface area contributed by atoms with E-state index in [4.69, 9.17) is 0 Å². The molecule has 0 nitrogen and oxygen atoms in total. The van der Waals surface area contributed by atoms with Crippen LogP contribution in [0.25, 0.3) is 0 Å². The van der Waals surface area contributed by atoms with Gasteiger partial charge >= 0.3 is 276 Å². The molecule has 6 heteroatoms. The van der Waals surface area contributed by atoms with Crippen molar-refractivity contribution in [3.8, 4) is 0 Å². The first kappa shape index (κ1) is 36.3. The predicted octanol–water partition coefficient (Wildman–Crippen LogP) is -5.50. The molecule has 0 aliphatic carbocycles. The van der Waals surface area contributed by atoms with Crippen LogP contribution in [-0.4, -0.2) is 276 Å². The van der Waals surface area contributed by atoms with Crippen molar-refractivity contribution >= 4 is 276 Å². The second-order valence-electron chi connectivity index (χ2n) is 0. The fourth-order valence-corrected chi connectivity index (χ4v) is 0. The summed E-state index contributed by atoms with van der Waals surface area (Å²) in [6.07, 6.45) is 0. The topological polar surface area (TPSA) is 0 Å². The maximum atomic E-state index is 0. The molecule has 0 heterocycles. The van der Waals surface area contributed by atoms with Crippen LogP contribution in [0, 0.1) is 0 Å². The summed E-state index contributed by atoms with van der Waals surface area (Å²) in [7, 11) is 0. The van der Waals surface area contributed by atoms with Crippen molar-refractivity contribution in [2.24, 2.45) is 0 Å². The summed E-state index contributed by atoms with van der Waals surface area (Å²) in [5.41, 5.74) is 0. The van der Waals surface area contributed by atoms with Crippen LogP contribution in [0.4, 0.5) is 0 Å². The van der Waals surface area contributed by atoms with Crippen molar-refractivity contribution in [1.82, 2.24) is 0 Å². The zero-order valence-corrected chi connectivity index (χ0v) is 0. The van der Waals surface area contributed by atoms with Gasteiger partial charge in [-0.2, -0.15) is 0 Å². The zero-order chi connectivity index (χ0) is 0. The van der Waals surface area contributed by atoms with Gasteiger partial charge in [-0.05, 0) is 0 Å². The summed E-state index contributed by atoms with van der Waals surface area (Å²) >= 11 is 0. The van der Waals surface area contributed by atoms with Gasteiger partial charge in [-0.3, -0.25) is 0 Å². The van der Waals surface area contributed by atoms with E-state index in [1.54, 1.807) is 0 Å². The van der Waals surface area contributed by atoms with Crippen molar-refractivity contribution in [1.29, 1.82) is 0 Å². The van der Waals surface area contributed by atoms with Gasteiger partial charge in [0.05, 0.1) is 0 Å². The summed E-state index contributed by atoms with van der Waals surface area (Å²) in [5.74, 6) is 0. The predicted molar refractivity (Wildman–Crippen MR) is 51.3 cm³/mol. The monoisotopic (exact) mass is 590 g/mol. The standard InChI is InChI=1S/Ba.5Sr.12H. The van der Waals surface area contributed by atoms with E-state index in [-0.39, 0.29) is 276 Å². The third kappa shape index (κ3) is 23.1. The molecule has 0 N–H and O–H groups in total. The van der Waals surface area contributed by atoms with E-state index >= 15 is 0 Å². The van der Waals surface area contributed by atoms with E-state index in [1.807, 2.05) is 0 Å². The van der Waals surface area contributed by atoms with E-state index in [1.165, 1.54) is 0 Å². The van der Waals surface area contributed by atoms with Crippen molar-refractivity contribution in [3.63, 3.8) is 0 Å². The van der Waals surface area contributed by atoms with Gasteiger partial charge in [0.2, 0.25) is 0 Å². The van der Waals surface area contributed by atoms with Crippen LogP contribution in [0.5, 0.6) is 0 Å². The molecule has 0 saturated carbocycles. The molecule has 0 bridgehead atoms. The van der Waals surface area contributed by atoms with Crippen LogP contribution >= 0.6 is 0 Å². The summed E-state index contributed by atoms with van der Waals surface area (Å²) in [5, 5.41) is 0. The quantitative estimate of drug-likeness (QED) is 0.249. The van der Waals surface area contributed by atoms with Crippen molar-refractivity contribution in [3.05, 3.63) is 0 Å². The maximum absolute atomic E-state index is 0. The molecule has 0 rings (SSSR count). The van der Waals surface area contributed by atoms with Crippen LogP contribution in [0.3, 0.4) is 0 Å². The molecule has 0 unspecified atom stereocenters. The fraction of sp³-hybridized carbons (Fsp3) is 0. The molecule has 0 aromatic heterocycles. The Kier molecular flexibility index (Phi) is 177. The van der Waals surface area contributed by atoms with Gasteiger partial charge in [0, 0.05) is 0 Å². The van der Waals surface area contributed by atoms with E-state index in [9.17, 15) is 0 Å². The Bertz CT molecular complexity index is 3.90. The molecule has 0 aliphatic rings. The van der Waals surface area contributed by atoms with Gasteiger partial charge in [0.25, 0.3) is 0 Å². The Morgan fingerprint density at radius 2 is 0.333 bits per heavy atom. The summed E-state index contributed by atoms with van der Waals surface area (Å²) < 4.78 is 0. The Morgan fingerprint density at radius 1 is 0.333 bits per heavy atom. The molecule has 0 saturated heterocycles. The number of hydrogen-bond donors (Lipinski definition) is 0. The molecule has 6 heavy (non-hydrogen) atoms. The Labute approximate surface area is 265 Å². The molecule has 0 fully saturated rings.